The zero-order chi connectivity index (χ0) is 9.14. The highest BCUT2D eigenvalue weighted by Crippen LogP contribution is 2.18. The molecule has 1 aromatic rings. The number of phenolic OH excluding ortho intramolecular Hbond substituents is 1. The highest BCUT2D eigenvalue weighted by molar-refractivity contribution is 5.97. The maximum atomic E-state index is 11.2. The normalized spacial score (nSPS) is 9.75. The minimum Gasteiger partial charge on any atom is -0.508 e. The number of anilines is 1. The first-order valence-electron chi connectivity index (χ1n) is 3.76. The second kappa shape index (κ2) is 3.26. The van der Waals surface area contributed by atoms with Crippen LogP contribution >= 0.6 is 0 Å². The van der Waals surface area contributed by atoms with Crippen LogP contribution in [0, 0.1) is 0 Å². The molecule has 0 amide bonds. The Bertz CT molecular complexity index is 287. The predicted octanol–water partition coefficient (Wildman–Crippen LogP) is 1.57. The van der Waals surface area contributed by atoms with Gasteiger partial charge in [0.05, 0.1) is 0 Å². The number of ketones is 1. The minimum absolute atomic E-state index is 0.0161. The summed E-state index contributed by atoms with van der Waals surface area (Å²) in [4.78, 5) is 11.2. The Balaban J connectivity index is 3.08. The summed E-state index contributed by atoms with van der Waals surface area (Å²) in [6.07, 6.45) is 0.420. The van der Waals surface area contributed by atoms with E-state index < -0.39 is 0 Å². The number of aromatic hydroxyl groups is 1. The van der Waals surface area contributed by atoms with Crippen molar-refractivity contribution in [2.75, 3.05) is 5.73 Å². The molecule has 0 aliphatic heterocycles. The molecule has 0 heterocycles. The van der Waals surface area contributed by atoms with Crippen molar-refractivity contribution in [3.63, 3.8) is 0 Å². The van der Waals surface area contributed by atoms with Crippen molar-refractivity contribution >= 4 is 11.5 Å². The fraction of sp³-hybridized carbons (Fsp3) is 0.222. The number of hydrogen-bond acceptors (Lipinski definition) is 3. The van der Waals surface area contributed by atoms with E-state index in [-0.39, 0.29) is 11.5 Å². The molecule has 0 aliphatic carbocycles. The molecule has 1 aromatic carbocycles. The van der Waals surface area contributed by atoms with Gasteiger partial charge in [0, 0.05) is 23.7 Å². The SMILES string of the molecule is CCC(=O)c1cc(N)cc(O)c1. The molecule has 64 valence electrons. The molecule has 0 saturated heterocycles. The molecule has 1 rings (SSSR count). The second-order valence-electron chi connectivity index (χ2n) is 2.59. The van der Waals surface area contributed by atoms with Crippen molar-refractivity contribution in [3.8, 4) is 5.75 Å². The molecular formula is C9H11NO2. The van der Waals surface area contributed by atoms with Crippen molar-refractivity contribution in [2.45, 2.75) is 13.3 Å². The van der Waals surface area contributed by atoms with Gasteiger partial charge in [0.15, 0.2) is 5.78 Å². The van der Waals surface area contributed by atoms with Gasteiger partial charge in [-0.1, -0.05) is 6.92 Å². The Morgan fingerprint density at radius 1 is 1.50 bits per heavy atom. The van der Waals surface area contributed by atoms with Crippen molar-refractivity contribution in [1.29, 1.82) is 0 Å². The van der Waals surface area contributed by atoms with E-state index in [1.807, 2.05) is 0 Å². The van der Waals surface area contributed by atoms with Crippen LogP contribution in [-0.2, 0) is 0 Å². The van der Waals surface area contributed by atoms with Crippen LogP contribution in [0.4, 0.5) is 5.69 Å². The van der Waals surface area contributed by atoms with E-state index in [0.717, 1.165) is 0 Å². The summed E-state index contributed by atoms with van der Waals surface area (Å²) in [6.45, 7) is 1.77. The lowest BCUT2D eigenvalue weighted by atomic mass is 10.1. The highest BCUT2D eigenvalue weighted by atomic mass is 16.3. The van der Waals surface area contributed by atoms with Crippen LogP contribution in [-0.4, -0.2) is 10.9 Å². The third-order valence-corrected chi connectivity index (χ3v) is 1.58. The topological polar surface area (TPSA) is 63.3 Å². The van der Waals surface area contributed by atoms with Crippen LogP contribution in [0.1, 0.15) is 23.7 Å². The number of carbonyl (C=O) groups excluding carboxylic acids is 1. The zero-order valence-corrected chi connectivity index (χ0v) is 6.87. The van der Waals surface area contributed by atoms with E-state index in [1.165, 1.54) is 12.1 Å². The van der Waals surface area contributed by atoms with E-state index in [1.54, 1.807) is 13.0 Å². The lowest BCUT2D eigenvalue weighted by Gasteiger charge is -2.00. The molecule has 0 spiro atoms. The molecule has 0 fully saturated rings. The molecule has 0 radical (unpaired) electrons. The second-order valence-corrected chi connectivity index (χ2v) is 2.59. The van der Waals surface area contributed by atoms with E-state index in [9.17, 15) is 4.79 Å². The number of phenols is 1. The summed E-state index contributed by atoms with van der Waals surface area (Å²) < 4.78 is 0. The lowest BCUT2D eigenvalue weighted by molar-refractivity contribution is 0.0988. The quantitative estimate of drug-likeness (QED) is 0.516. The Morgan fingerprint density at radius 3 is 2.67 bits per heavy atom. The van der Waals surface area contributed by atoms with E-state index >= 15 is 0 Å². The maximum absolute atomic E-state index is 11.2. The van der Waals surface area contributed by atoms with Gasteiger partial charge in [-0.25, -0.2) is 0 Å². The van der Waals surface area contributed by atoms with Gasteiger partial charge in [-0.2, -0.15) is 0 Å². The molecule has 3 nitrogen and oxygen atoms in total. The first kappa shape index (κ1) is 8.59. The molecule has 0 aromatic heterocycles. The number of nitrogen functional groups attached to an aromatic ring is 1. The lowest BCUT2D eigenvalue weighted by Crippen LogP contribution is -1.97. The van der Waals surface area contributed by atoms with Gasteiger partial charge < -0.3 is 10.8 Å². The predicted molar refractivity (Wildman–Crippen MR) is 47.1 cm³/mol. The first-order chi connectivity index (χ1) is 5.63. The number of nitrogens with two attached hydrogens (primary N) is 1. The van der Waals surface area contributed by atoms with Crippen molar-refractivity contribution in [2.24, 2.45) is 0 Å². The summed E-state index contributed by atoms with van der Waals surface area (Å²) in [6, 6.07) is 4.39. The molecule has 12 heavy (non-hydrogen) atoms. The average Bonchev–Trinajstić information content (AvgIpc) is 2.01. The highest BCUT2D eigenvalue weighted by Gasteiger charge is 2.04. The molecular weight excluding hydrogens is 154 g/mol. The number of Topliss-reactive ketones (excluding diaryl/α,β-unsaturated/α-hetero) is 1. The summed E-state index contributed by atoms with van der Waals surface area (Å²) in [5.74, 6) is 0.0180. The molecule has 0 saturated carbocycles. The van der Waals surface area contributed by atoms with E-state index in [0.29, 0.717) is 17.7 Å². The minimum atomic E-state index is -0.0161. The number of benzene rings is 1. The largest absolute Gasteiger partial charge is 0.508 e. The third kappa shape index (κ3) is 1.75. The first-order valence-corrected chi connectivity index (χ1v) is 3.76. The molecule has 3 heteroatoms. The fourth-order valence-electron chi connectivity index (χ4n) is 1.000. The van der Waals surface area contributed by atoms with Crippen LogP contribution in [0.2, 0.25) is 0 Å². The van der Waals surface area contributed by atoms with Crippen LogP contribution in [0.15, 0.2) is 18.2 Å². The summed E-state index contributed by atoms with van der Waals surface area (Å²) in [5, 5.41) is 9.11. The maximum Gasteiger partial charge on any atom is 0.162 e. The summed E-state index contributed by atoms with van der Waals surface area (Å²) in [5.41, 5.74) is 6.32. The number of carbonyl (C=O) groups is 1. The van der Waals surface area contributed by atoms with Crippen LogP contribution in [0.3, 0.4) is 0 Å². The third-order valence-electron chi connectivity index (χ3n) is 1.58. The van der Waals surface area contributed by atoms with Crippen molar-refractivity contribution < 1.29 is 9.90 Å². The van der Waals surface area contributed by atoms with Gasteiger partial charge in [-0.3, -0.25) is 4.79 Å². The summed E-state index contributed by atoms with van der Waals surface area (Å²) >= 11 is 0. The summed E-state index contributed by atoms with van der Waals surface area (Å²) in [7, 11) is 0. The van der Waals surface area contributed by atoms with Crippen LogP contribution in [0.25, 0.3) is 0 Å². The fourth-order valence-corrected chi connectivity index (χ4v) is 1.000. The average molecular weight is 165 g/mol. The Morgan fingerprint density at radius 2 is 2.17 bits per heavy atom. The van der Waals surface area contributed by atoms with Crippen molar-refractivity contribution in [1.82, 2.24) is 0 Å². The smallest absolute Gasteiger partial charge is 0.162 e. The van der Waals surface area contributed by atoms with Gasteiger partial charge in [0.25, 0.3) is 0 Å². The van der Waals surface area contributed by atoms with Gasteiger partial charge in [0.2, 0.25) is 0 Å². The van der Waals surface area contributed by atoms with E-state index in [2.05, 4.69) is 0 Å². The monoisotopic (exact) mass is 165 g/mol. The number of hydrogen-bond donors (Lipinski definition) is 2. The van der Waals surface area contributed by atoms with Gasteiger partial charge >= 0.3 is 0 Å². The Labute approximate surface area is 70.8 Å². The van der Waals surface area contributed by atoms with Gasteiger partial charge in [0.1, 0.15) is 5.75 Å². The standard InChI is InChI=1S/C9H11NO2/c1-2-9(12)6-3-7(10)5-8(11)4-6/h3-5,11H,2,10H2,1H3. The molecule has 0 unspecified atom stereocenters. The molecule has 0 bridgehead atoms. The van der Waals surface area contributed by atoms with Gasteiger partial charge in [-0.05, 0) is 12.1 Å². The van der Waals surface area contributed by atoms with Gasteiger partial charge in [-0.15, -0.1) is 0 Å². The van der Waals surface area contributed by atoms with E-state index in [4.69, 9.17) is 10.8 Å². The van der Waals surface area contributed by atoms with Crippen LogP contribution in [0.5, 0.6) is 5.75 Å². The molecule has 3 N–H and O–H groups in total. The molecule has 0 atom stereocenters. The Kier molecular flexibility index (Phi) is 2.33. The zero-order valence-electron chi connectivity index (χ0n) is 6.87. The van der Waals surface area contributed by atoms with Crippen LogP contribution < -0.4 is 5.73 Å². The Hall–Kier alpha value is -1.51. The van der Waals surface area contributed by atoms with Crippen molar-refractivity contribution in [3.05, 3.63) is 23.8 Å². The molecule has 0 aliphatic rings. The number of rotatable bonds is 2.